The number of nitrogens with zero attached hydrogens (tertiary/aromatic N) is 5. The third kappa shape index (κ3) is 7.17. The maximum absolute atomic E-state index is 14.1. The number of ether oxygens (including phenoxy) is 1. The van der Waals surface area contributed by atoms with Gasteiger partial charge in [-0.3, -0.25) is 9.69 Å². The number of alkyl halides is 3. The fourth-order valence-electron chi connectivity index (χ4n) is 8.46. The maximum atomic E-state index is 14.1. The zero-order valence-corrected chi connectivity index (χ0v) is 30.4. The van der Waals surface area contributed by atoms with Gasteiger partial charge < -0.3 is 35.4 Å². The van der Waals surface area contributed by atoms with Gasteiger partial charge in [0.15, 0.2) is 6.10 Å². The molecule has 0 radical (unpaired) electrons. The van der Waals surface area contributed by atoms with Crippen LogP contribution in [0, 0.1) is 0 Å². The standard InChI is InChI=1S/C34H43BrF3N7O4S/c1-41-23-2-3-24(41)16-25(15-23)42-8-10-43(11-9-42)31(46)29(14-20-12-26(34(36,37)38)30(39)27(35)13-20)49-33(48)44-6-4-22(5-7-44)45-17-21-18-50-19-28(21)40-32(45)47/h12-13,18-19,22-25,29H,2-11,14-17,39H2,1H3,(H,40,47)/t23?,24?,25?,29-/m1/s1. The first-order chi connectivity index (χ1) is 23.9. The summed E-state index contributed by atoms with van der Waals surface area (Å²) in [6, 6.07) is 3.78. The number of rotatable bonds is 6. The SMILES string of the molecule is CN1C2CCC1CC(N1CCN(C(=O)[C@@H](Cc3cc(Br)c(N)c(C(F)(F)F)c3)OC(=O)N3CCC(N4Cc5cscc5NC4=O)CC3)CC1)C2. The zero-order chi connectivity index (χ0) is 35.3. The van der Waals surface area contributed by atoms with Gasteiger partial charge in [0, 0.05) is 85.3 Å². The van der Waals surface area contributed by atoms with Crippen molar-refractivity contribution in [3.63, 3.8) is 0 Å². The number of nitrogens with one attached hydrogen (secondary N) is 1. The second-order valence-electron chi connectivity index (χ2n) is 14.2. The minimum absolute atomic E-state index is 0.0546. The second-order valence-corrected chi connectivity index (χ2v) is 15.8. The Kier molecular flexibility index (Phi) is 10.00. The van der Waals surface area contributed by atoms with Crippen molar-refractivity contribution < 1.29 is 32.3 Å². The van der Waals surface area contributed by atoms with E-state index in [2.05, 4.69) is 38.1 Å². The number of carbonyl (C=O) groups is 3. The van der Waals surface area contributed by atoms with Crippen molar-refractivity contribution in [1.29, 1.82) is 0 Å². The molecule has 2 aromatic rings. The molecule has 4 amide bonds. The summed E-state index contributed by atoms with van der Waals surface area (Å²) < 4.78 is 47.5. The normalized spacial score (nSPS) is 25.7. The highest BCUT2D eigenvalue weighted by Gasteiger charge is 2.42. The van der Waals surface area contributed by atoms with E-state index in [4.69, 9.17) is 10.5 Å². The van der Waals surface area contributed by atoms with Crippen LogP contribution in [0.5, 0.6) is 0 Å². The van der Waals surface area contributed by atoms with Gasteiger partial charge in [-0.25, -0.2) is 9.59 Å². The number of likely N-dealkylation sites (tertiary alicyclic amines) is 1. The average molecular weight is 783 g/mol. The Morgan fingerprint density at radius 3 is 2.32 bits per heavy atom. The van der Waals surface area contributed by atoms with Crippen LogP contribution in [0.25, 0.3) is 0 Å². The van der Waals surface area contributed by atoms with Gasteiger partial charge in [0.25, 0.3) is 5.91 Å². The Hall–Kier alpha value is -3.08. The molecule has 0 saturated carbocycles. The van der Waals surface area contributed by atoms with Crippen LogP contribution in [0.2, 0.25) is 0 Å². The molecular weight excluding hydrogens is 739 g/mol. The molecule has 3 atom stereocenters. The monoisotopic (exact) mass is 781 g/mol. The number of thiophene rings is 1. The molecule has 0 aliphatic carbocycles. The number of anilines is 2. The van der Waals surface area contributed by atoms with Crippen molar-refractivity contribution in [1.82, 2.24) is 24.5 Å². The fourth-order valence-corrected chi connectivity index (χ4v) is 9.75. The number of piperazine rings is 1. The molecule has 1 aromatic carbocycles. The van der Waals surface area contributed by atoms with Crippen LogP contribution >= 0.6 is 27.3 Å². The first-order valence-electron chi connectivity index (χ1n) is 17.3. The van der Waals surface area contributed by atoms with Gasteiger partial charge in [0.2, 0.25) is 0 Å². The number of hydrogen-bond donors (Lipinski definition) is 2. The molecule has 7 rings (SSSR count). The van der Waals surface area contributed by atoms with Gasteiger partial charge in [0.1, 0.15) is 0 Å². The number of halogens is 4. The van der Waals surface area contributed by atoms with Crippen molar-refractivity contribution in [3.05, 3.63) is 44.1 Å². The number of carbonyl (C=O) groups excluding carboxylic acids is 3. The minimum Gasteiger partial charge on any atom is -0.436 e. The van der Waals surface area contributed by atoms with E-state index < -0.39 is 35.5 Å². The number of hydrogen-bond acceptors (Lipinski definition) is 8. The number of piperidine rings is 2. The van der Waals surface area contributed by atoms with Crippen LogP contribution in [0.3, 0.4) is 0 Å². The molecular formula is C34H43BrF3N7O4S. The van der Waals surface area contributed by atoms with Crippen LogP contribution in [0.15, 0.2) is 27.4 Å². The van der Waals surface area contributed by atoms with E-state index in [-0.39, 0.29) is 28.5 Å². The summed E-state index contributed by atoms with van der Waals surface area (Å²) >= 11 is 4.67. The molecule has 6 heterocycles. The molecule has 3 N–H and O–H groups in total. The minimum atomic E-state index is -4.71. The summed E-state index contributed by atoms with van der Waals surface area (Å²) in [6.45, 7) is 3.40. The highest BCUT2D eigenvalue weighted by Crippen LogP contribution is 2.39. The van der Waals surface area contributed by atoms with E-state index in [1.54, 1.807) is 9.80 Å². The zero-order valence-electron chi connectivity index (χ0n) is 28.0. The van der Waals surface area contributed by atoms with Crippen LogP contribution < -0.4 is 11.1 Å². The molecule has 2 unspecified atom stereocenters. The Morgan fingerprint density at radius 2 is 1.66 bits per heavy atom. The molecule has 5 aliphatic rings. The van der Waals surface area contributed by atoms with Crippen LogP contribution in [0.4, 0.5) is 34.1 Å². The van der Waals surface area contributed by atoms with Gasteiger partial charge in [-0.1, -0.05) is 0 Å². The van der Waals surface area contributed by atoms with Crippen LogP contribution in [-0.4, -0.2) is 119 Å². The Bertz CT molecular complexity index is 1600. The first kappa shape index (κ1) is 35.3. The molecule has 272 valence electrons. The molecule has 4 saturated heterocycles. The van der Waals surface area contributed by atoms with Crippen molar-refractivity contribution >= 4 is 56.7 Å². The quantitative estimate of drug-likeness (QED) is 0.376. The molecule has 2 bridgehead atoms. The van der Waals surface area contributed by atoms with Crippen molar-refractivity contribution in [2.24, 2.45) is 0 Å². The number of benzene rings is 1. The van der Waals surface area contributed by atoms with E-state index in [1.807, 2.05) is 10.8 Å². The number of nitrogens with two attached hydrogens (primary N) is 1. The summed E-state index contributed by atoms with van der Waals surface area (Å²) in [4.78, 5) is 50.4. The van der Waals surface area contributed by atoms with E-state index in [0.29, 0.717) is 76.8 Å². The Labute approximate surface area is 302 Å². The Balaban J connectivity index is 1.02. The van der Waals surface area contributed by atoms with E-state index in [1.165, 1.54) is 35.1 Å². The lowest BCUT2D eigenvalue weighted by atomic mass is 9.96. The van der Waals surface area contributed by atoms with E-state index in [9.17, 15) is 27.6 Å². The maximum Gasteiger partial charge on any atom is 0.418 e. The van der Waals surface area contributed by atoms with Gasteiger partial charge in [-0.15, -0.1) is 11.3 Å². The number of fused-ring (bicyclic) bond motifs is 3. The molecule has 1 aromatic heterocycles. The second kappa shape index (κ2) is 14.2. The number of nitrogen functional groups attached to an aromatic ring is 1. The topological polar surface area (TPSA) is 115 Å². The highest BCUT2D eigenvalue weighted by molar-refractivity contribution is 9.10. The average Bonchev–Trinajstić information content (AvgIpc) is 3.61. The molecule has 4 fully saturated rings. The van der Waals surface area contributed by atoms with Gasteiger partial charge >= 0.3 is 18.3 Å². The lowest BCUT2D eigenvalue weighted by Crippen LogP contribution is -2.57. The van der Waals surface area contributed by atoms with Gasteiger partial charge in [-0.2, -0.15) is 13.2 Å². The lowest BCUT2D eigenvalue weighted by molar-refractivity contribution is -0.143. The summed E-state index contributed by atoms with van der Waals surface area (Å²) in [5.74, 6) is -0.422. The Morgan fingerprint density at radius 1 is 0.980 bits per heavy atom. The predicted molar refractivity (Wildman–Crippen MR) is 187 cm³/mol. The number of urea groups is 1. The summed E-state index contributed by atoms with van der Waals surface area (Å²) in [7, 11) is 2.21. The van der Waals surface area contributed by atoms with Crippen LogP contribution in [-0.2, 0) is 28.7 Å². The van der Waals surface area contributed by atoms with Crippen molar-refractivity contribution in [2.75, 3.05) is 57.4 Å². The van der Waals surface area contributed by atoms with Gasteiger partial charge in [0.05, 0.1) is 23.5 Å². The molecule has 0 spiro atoms. The third-order valence-corrected chi connectivity index (χ3v) is 12.8. The largest absolute Gasteiger partial charge is 0.436 e. The molecule has 5 aliphatic heterocycles. The summed E-state index contributed by atoms with van der Waals surface area (Å²) in [6.07, 6.45) is -1.23. The third-order valence-electron chi connectivity index (χ3n) is 11.4. The smallest absolute Gasteiger partial charge is 0.418 e. The predicted octanol–water partition coefficient (Wildman–Crippen LogP) is 5.44. The fraction of sp³-hybridized carbons (Fsp3) is 0.618. The molecule has 11 nitrogen and oxygen atoms in total. The van der Waals surface area contributed by atoms with Crippen molar-refractivity contribution in [3.8, 4) is 0 Å². The summed E-state index contributed by atoms with van der Waals surface area (Å²) in [5.41, 5.74) is 6.35. The molecule has 50 heavy (non-hydrogen) atoms. The van der Waals surface area contributed by atoms with Crippen LogP contribution in [0.1, 0.15) is 55.2 Å². The van der Waals surface area contributed by atoms with E-state index >= 15 is 0 Å². The lowest BCUT2D eigenvalue weighted by Gasteiger charge is -2.45. The van der Waals surface area contributed by atoms with Gasteiger partial charge in [-0.05, 0) is 84.6 Å². The van der Waals surface area contributed by atoms with Crippen molar-refractivity contribution in [2.45, 2.75) is 87.9 Å². The highest BCUT2D eigenvalue weighted by atomic mass is 79.9. The van der Waals surface area contributed by atoms with E-state index in [0.717, 1.165) is 30.2 Å². The molecule has 16 heteroatoms. The summed E-state index contributed by atoms with van der Waals surface area (Å²) in [5, 5.41) is 6.85. The first-order valence-corrected chi connectivity index (χ1v) is 19.1. The number of amides is 4.